The second-order valence-corrected chi connectivity index (χ2v) is 6.32. The number of ether oxygens (including phenoxy) is 1. The number of methoxy groups -OCH3 is 1. The van der Waals surface area contributed by atoms with E-state index in [9.17, 15) is 4.79 Å². The fraction of sp³-hybridized carbons (Fsp3) is 0.611. The van der Waals surface area contributed by atoms with Crippen molar-refractivity contribution in [2.45, 2.75) is 37.8 Å². The Balaban J connectivity index is 1.57. The fourth-order valence-corrected chi connectivity index (χ4v) is 3.79. The number of amides is 1. The third-order valence-electron chi connectivity index (χ3n) is 5.06. The molecular weight excluding hydrogens is 276 g/mol. The van der Waals surface area contributed by atoms with Crippen molar-refractivity contribution in [3.63, 3.8) is 0 Å². The fourth-order valence-electron chi connectivity index (χ4n) is 3.79. The molecular formula is C18H26N2O2. The molecule has 4 heteroatoms. The first-order valence-corrected chi connectivity index (χ1v) is 8.41. The Hall–Kier alpha value is -1.39. The lowest BCUT2D eigenvalue weighted by Crippen LogP contribution is -2.55. The summed E-state index contributed by atoms with van der Waals surface area (Å²) in [5.74, 6) is 0.159. The molecule has 4 nitrogen and oxygen atoms in total. The standard InChI is InChI=1S/C18H26N2O2/c1-22-17-10-6-5-9-16(17)19-11-13-20(14-12-19)18(21)15-7-3-2-4-8-15/h2-4,7-8,16-17H,5-6,9-14H2,1H3/t16-,17-/m1/s1. The van der Waals surface area contributed by atoms with Crippen LogP contribution >= 0.6 is 0 Å². The van der Waals surface area contributed by atoms with E-state index in [4.69, 9.17) is 4.74 Å². The van der Waals surface area contributed by atoms with Crippen LogP contribution < -0.4 is 0 Å². The minimum Gasteiger partial charge on any atom is -0.380 e. The highest BCUT2D eigenvalue weighted by Gasteiger charge is 2.33. The molecule has 0 unspecified atom stereocenters. The molecule has 3 rings (SSSR count). The molecule has 1 amide bonds. The Labute approximate surface area is 133 Å². The highest BCUT2D eigenvalue weighted by atomic mass is 16.5. The van der Waals surface area contributed by atoms with Crippen LogP contribution in [0.15, 0.2) is 30.3 Å². The minimum atomic E-state index is 0.159. The maximum Gasteiger partial charge on any atom is 0.253 e. The first-order chi connectivity index (χ1) is 10.8. The SMILES string of the molecule is CO[C@@H]1CCCC[C@H]1N1CCN(C(=O)c2ccccc2)CC1. The van der Waals surface area contributed by atoms with Gasteiger partial charge in [0.15, 0.2) is 0 Å². The summed E-state index contributed by atoms with van der Waals surface area (Å²) >= 11 is 0. The molecule has 2 fully saturated rings. The first-order valence-electron chi connectivity index (χ1n) is 8.41. The van der Waals surface area contributed by atoms with Crippen LogP contribution in [0.1, 0.15) is 36.0 Å². The second-order valence-electron chi connectivity index (χ2n) is 6.32. The number of hydrogen-bond acceptors (Lipinski definition) is 3. The second kappa shape index (κ2) is 7.25. The molecule has 2 atom stereocenters. The third kappa shape index (κ3) is 3.33. The van der Waals surface area contributed by atoms with Gasteiger partial charge in [0.1, 0.15) is 0 Å². The quantitative estimate of drug-likeness (QED) is 0.859. The zero-order valence-corrected chi connectivity index (χ0v) is 13.4. The van der Waals surface area contributed by atoms with Gasteiger partial charge in [0, 0.05) is 44.9 Å². The molecule has 2 aliphatic rings. The van der Waals surface area contributed by atoms with Gasteiger partial charge in [-0.1, -0.05) is 31.0 Å². The summed E-state index contributed by atoms with van der Waals surface area (Å²) in [5, 5.41) is 0. The molecule has 1 heterocycles. The van der Waals surface area contributed by atoms with E-state index in [2.05, 4.69) is 4.90 Å². The number of benzene rings is 1. The number of hydrogen-bond donors (Lipinski definition) is 0. The van der Waals surface area contributed by atoms with Gasteiger partial charge in [0.25, 0.3) is 5.91 Å². The normalized spacial score (nSPS) is 26.9. The molecule has 22 heavy (non-hydrogen) atoms. The van der Waals surface area contributed by atoms with Gasteiger partial charge in [-0.15, -0.1) is 0 Å². The maximum atomic E-state index is 12.5. The predicted octanol–water partition coefficient (Wildman–Crippen LogP) is 2.40. The van der Waals surface area contributed by atoms with Gasteiger partial charge in [-0.2, -0.15) is 0 Å². The summed E-state index contributed by atoms with van der Waals surface area (Å²) < 4.78 is 5.68. The topological polar surface area (TPSA) is 32.8 Å². The van der Waals surface area contributed by atoms with Crippen LogP contribution in [-0.2, 0) is 4.74 Å². The Bertz CT molecular complexity index is 483. The van der Waals surface area contributed by atoms with Crippen molar-refractivity contribution in [3.05, 3.63) is 35.9 Å². The molecule has 0 bridgehead atoms. The molecule has 1 aromatic carbocycles. The summed E-state index contributed by atoms with van der Waals surface area (Å²) in [7, 11) is 1.83. The van der Waals surface area contributed by atoms with Gasteiger partial charge in [0.2, 0.25) is 0 Å². The van der Waals surface area contributed by atoms with Gasteiger partial charge in [-0.25, -0.2) is 0 Å². The van der Waals surface area contributed by atoms with Crippen molar-refractivity contribution < 1.29 is 9.53 Å². The summed E-state index contributed by atoms with van der Waals surface area (Å²) in [5.41, 5.74) is 0.795. The van der Waals surface area contributed by atoms with Crippen molar-refractivity contribution >= 4 is 5.91 Å². The zero-order valence-electron chi connectivity index (χ0n) is 13.4. The van der Waals surface area contributed by atoms with E-state index in [1.165, 1.54) is 25.7 Å². The van der Waals surface area contributed by atoms with Gasteiger partial charge < -0.3 is 9.64 Å². The molecule has 1 aliphatic carbocycles. The maximum absolute atomic E-state index is 12.5. The average molecular weight is 302 g/mol. The summed E-state index contributed by atoms with van der Waals surface area (Å²) in [6.45, 7) is 3.56. The number of piperazine rings is 1. The Kier molecular flexibility index (Phi) is 5.11. The Morgan fingerprint density at radius 3 is 2.41 bits per heavy atom. The smallest absolute Gasteiger partial charge is 0.253 e. The molecule has 0 aromatic heterocycles. The van der Waals surface area contributed by atoms with Gasteiger partial charge in [0.05, 0.1) is 6.10 Å². The first kappa shape index (κ1) is 15.5. The van der Waals surface area contributed by atoms with Crippen molar-refractivity contribution in [1.29, 1.82) is 0 Å². The average Bonchev–Trinajstić information content (AvgIpc) is 2.62. The van der Waals surface area contributed by atoms with E-state index in [0.29, 0.717) is 12.1 Å². The zero-order chi connectivity index (χ0) is 15.4. The van der Waals surface area contributed by atoms with Crippen LogP contribution in [0.5, 0.6) is 0 Å². The molecule has 0 N–H and O–H groups in total. The molecule has 1 aliphatic heterocycles. The van der Waals surface area contributed by atoms with E-state index in [1.807, 2.05) is 42.3 Å². The molecule has 0 spiro atoms. The monoisotopic (exact) mass is 302 g/mol. The number of carbonyl (C=O) groups is 1. The minimum absolute atomic E-state index is 0.159. The van der Waals surface area contributed by atoms with Crippen molar-refractivity contribution in [2.24, 2.45) is 0 Å². The van der Waals surface area contributed by atoms with Crippen LogP contribution in [0.2, 0.25) is 0 Å². The van der Waals surface area contributed by atoms with Crippen LogP contribution in [0.25, 0.3) is 0 Å². The van der Waals surface area contributed by atoms with E-state index < -0.39 is 0 Å². The van der Waals surface area contributed by atoms with Crippen LogP contribution in [0.4, 0.5) is 0 Å². The molecule has 1 aromatic rings. The van der Waals surface area contributed by atoms with E-state index in [-0.39, 0.29) is 5.91 Å². The number of rotatable bonds is 3. The van der Waals surface area contributed by atoms with Crippen molar-refractivity contribution in [2.75, 3.05) is 33.3 Å². The summed E-state index contributed by atoms with van der Waals surface area (Å²) in [4.78, 5) is 17.0. The highest BCUT2D eigenvalue weighted by Crippen LogP contribution is 2.26. The predicted molar refractivity (Wildman–Crippen MR) is 87.0 cm³/mol. The molecule has 0 radical (unpaired) electrons. The van der Waals surface area contributed by atoms with Gasteiger partial charge >= 0.3 is 0 Å². The van der Waals surface area contributed by atoms with Crippen molar-refractivity contribution in [1.82, 2.24) is 9.80 Å². The molecule has 1 saturated heterocycles. The lowest BCUT2D eigenvalue weighted by molar-refractivity contribution is -0.0249. The van der Waals surface area contributed by atoms with Crippen LogP contribution in [-0.4, -0.2) is 61.1 Å². The van der Waals surface area contributed by atoms with E-state index in [1.54, 1.807) is 0 Å². The summed E-state index contributed by atoms with van der Waals surface area (Å²) in [6, 6.07) is 10.1. The lowest BCUT2D eigenvalue weighted by atomic mass is 9.90. The third-order valence-corrected chi connectivity index (χ3v) is 5.06. The summed E-state index contributed by atoms with van der Waals surface area (Å²) in [6.07, 6.45) is 5.34. The van der Waals surface area contributed by atoms with E-state index >= 15 is 0 Å². The van der Waals surface area contributed by atoms with Crippen LogP contribution in [0.3, 0.4) is 0 Å². The molecule has 120 valence electrons. The Morgan fingerprint density at radius 2 is 1.73 bits per heavy atom. The number of nitrogens with zero attached hydrogens (tertiary/aromatic N) is 2. The highest BCUT2D eigenvalue weighted by molar-refractivity contribution is 5.94. The lowest BCUT2D eigenvalue weighted by Gasteiger charge is -2.43. The van der Waals surface area contributed by atoms with E-state index in [0.717, 1.165) is 31.7 Å². The van der Waals surface area contributed by atoms with Crippen LogP contribution in [0, 0.1) is 0 Å². The molecule has 1 saturated carbocycles. The van der Waals surface area contributed by atoms with Crippen molar-refractivity contribution in [3.8, 4) is 0 Å². The van der Waals surface area contributed by atoms with Gasteiger partial charge in [-0.3, -0.25) is 9.69 Å². The number of carbonyl (C=O) groups excluding carboxylic acids is 1. The van der Waals surface area contributed by atoms with Gasteiger partial charge in [-0.05, 0) is 25.0 Å². The largest absolute Gasteiger partial charge is 0.380 e. The Morgan fingerprint density at radius 1 is 1.05 bits per heavy atom.